The second-order valence-corrected chi connectivity index (χ2v) is 10.6. The summed E-state index contributed by atoms with van der Waals surface area (Å²) in [5.74, 6) is -0.673. The van der Waals surface area contributed by atoms with Crippen molar-refractivity contribution < 1.29 is 19.4 Å². The quantitative estimate of drug-likeness (QED) is 0.702. The van der Waals surface area contributed by atoms with E-state index in [9.17, 15) is 14.7 Å². The minimum Gasteiger partial charge on any atom is -0.444 e. The van der Waals surface area contributed by atoms with Gasteiger partial charge in [-0.1, -0.05) is 61.7 Å². The lowest BCUT2D eigenvalue weighted by molar-refractivity contribution is -0.140. The Hall–Kier alpha value is -2.60. The Bertz CT molecular complexity index is 1000. The van der Waals surface area contributed by atoms with Crippen molar-refractivity contribution in [3.63, 3.8) is 0 Å². The molecule has 1 heterocycles. The van der Waals surface area contributed by atoms with E-state index >= 15 is 0 Å². The summed E-state index contributed by atoms with van der Waals surface area (Å²) in [6.45, 7) is 6.47. The fourth-order valence-electron chi connectivity index (χ4n) is 5.34. The highest BCUT2D eigenvalue weighted by Gasteiger charge is 2.46. The maximum atomic E-state index is 14.0. The van der Waals surface area contributed by atoms with Gasteiger partial charge < -0.3 is 20.1 Å². The van der Waals surface area contributed by atoms with Crippen LogP contribution in [0.2, 0.25) is 0 Å². The zero-order chi connectivity index (χ0) is 23.6. The standard InChI is InChI=1S/C27H36N2O4/c1-26(2,3)33-25(31)28-20-14-17-29(18-20)24(30)23(27(32)15-7-4-8-16-27)22-13-9-11-19-10-5-6-12-21(19)22/h5-6,9-13,20,23,32H,4,7-8,14-18H2,1-3H3,(H,28,31)/t20-,23?/m0/s1. The highest BCUT2D eigenvalue weighted by Crippen LogP contribution is 2.43. The summed E-state index contributed by atoms with van der Waals surface area (Å²) >= 11 is 0. The molecule has 2 aromatic rings. The summed E-state index contributed by atoms with van der Waals surface area (Å²) < 4.78 is 5.38. The number of benzene rings is 2. The number of rotatable bonds is 4. The lowest BCUT2D eigenvalue weighted by Crippen LogP contribution is -2.48. The van der Waals surface area contributed by atoms with Crippen LogP contribution in [-0.2, 0) is 9.53 Å². The van der Waals surface area contributed by atoms with Gasteiger partial charge in [-0.15, -0.1) is 0 Å². The number of hydrogen-bond donors (Lipinski definition) is 2. The Labute approximate surface area is 196 Å². The van der Waals surface area contributed by atoms with Crippen LogP contribution in [0.15, 0.2) is 42.5 Å². The van der Waals surface area contributed by atoms with Gasteiger partial charge in [0.05, 0.1) is 17.6 Å². The first-order chi connectivity index (χ1) is 15.7. The third-order valence-electron chi connectivity index (χ3n) is 6.86. The smallest absolute Gasteiger partial charge is 0.407 e. The van der Waals surface area contributed by atoms with E-state index in [1.165, 1.54) is 0 Å². The maximum absolute atomic E-state index is 14.0. The third kappa shape index (κ3) is 5.32. The van der Waals surface area contributed by atoms with E-state index in [-0.39, 0.29) is 11.9 Å². The van der Waals surface area contributed by atoms with E-state index in [2.05, 4.69) is 5.32 Å². The fraction of sp³-hybridized carbons (Fsp3) is 0.556. The zero-order valence-electron chi connectivity index (χ0n) is 20.0. The molecule has 1 unspecified atom stereocenters. The number of likely N-dealkylation sites (tertiary alicyclic amines) is 1. The normalized spacial score (nSPS) is 21.6. The summed E-state index contributed by atoms with van der Waals surface area (Å²) in [5.41, 5.74) is -0.732. The van der Waals surface area contributed by atoms with Gasteiger partial charge >= 0.3 is 6.09 Å². The van der Waals surface area contributed by atoms with Crippen molar-refractivity contribution in [3.05, 3.63) is 48.0 Å². The minimum absolute atomic E-state index is 0.0516. The molecule has 0 radical (unpaired) electrons. The summed E-state index contributed by atoms with van der Waals surface area (Å²) in [4.78, 5) is 28.0. The lowest BCUT2D eigenvalue weighted by Gasteiger charge is -2.40. The van der Waals surface area contributed by atoms with Gasteiger partial charge in [0, 0.05) is 13.1 Å². The Balaban J connectivity index is 1.59. The van der Waals surface area contributed by atoms with Gasteiger partial charge in [-0.25, -0.2) is 4.79 Å². The minimum atomic E-state index is -1.06. The van der Waals surface area contributed by atoms with E-state index in [1.54, 1.807) is 4.90 Å². The Morgan fingerprint density at radius 3 is 2.52 bits per heavy atom. The number of alkyl carbamates (subject to hydrolysis) is 1. The average Bonchev–Trinajstić information content (AvgIpc) is 3.21. The molecule has 2 aliphatic rings. The van der Waals surface area contributed by atoms with E-state index in [4.69, 9.17) is 4.74 Å². The molecule has 0 spiro atoms. The number of aliphatic hydroxyl groups is 1. The zero-order valence-corrected chi connectivity index (χ0v) is 20.0. The molecule has 6 nitrogen and oxygen atoms in total. The van der Waals surface area contributed by atoms with Crippen LogP contribution < -0.4 is 5.32 Å². The molecule has 33 heavy (non-hydrogen) atoms. The second-order valence-electron chi connectivity index (χ2n) is 10.6. The first-order valence-electron chi connectivity index (χ1n) is 12.1. The highest BCUT2D eigenvalue weighted by atomic mass is 16.6. The number of carbonyl (C=O) groups is 2. The van der Waals surface area contributed by atoms with Crippen molar-refractivity contribution >= 4 is 22.8 Å². The van der Waals surface area contributed by atoms with E-state index in [0.29, 0.717) is 32.4 Å². The Morgan fingerprint density at radius 2 is 1.79 bits per heavy atom. The van der Waals surface area contributed by atoms with Crippen molar-refractivity contribution in [1.82, 2.24) is 10.2 Å². The number of carbonyl (C=O) groups excluding carboxylic acids is 2. The molecule has 0 aromatic heterocycles. The van der Waals surface area contributed by atoms with Crippen LogP contribution in [0.3, 0.4) is 0 Å². The maximum Gasteiger partial charge on any atom is 0.407 e. The van der Waals surface area contributed by atoms with E-state index < -0.39 is 23.2 Å². The van der Waals surface area contributed by atoms with Crippen molar-refractivity contribution in [2.24, 2.45) is 0 Å². The topological polar surface area (TPSA) is 78.9 Å². The molecule has 1 aliphatic heterocycles. The molecule has 1 aliphatic carbocycles. The molecule has 2 aromatic carbocycles. The molecule has 2 atom stereocenters. The Morgan fingerprint density at radius 1 is 1.09 bits per heavy atom. The van der Waals surface area contributed by atoms with Gasteiger partial charge in [-0.05, 0) is 56.4 Å². The van der Waals surface area contributed by atoms with Crippen molar-refractivity contribution in [1.29, 1.82) is 0 Å². The molecular formula is C27H36N2O4. The van der Waals surface area contributed by atoms with E-state index in [0.717, 1.165) is 35.6 Å². The molecule has 4 rings (SSSR count). The molecule has 0 bridgehead atoms. The Kier molecular flexibility index (Phi) is 6.66. The molecule has 2 amide bonds. The van der Waals surface area contributed by atoms with Crippen LogP contribution in [0.1, 0.15) is 70.8 Å². The number of nitrogens with one attached hydrogen (secondary N) is 1. The fourth-order valence-corrected chi connectivity index (χ4v) is 5.34. The molecule has 6 heteroatoms. The predicted octanol–water partition coefficient (Wildman–Crippen LogP) is 4.74. The molecule has 2 N–H and O–H groups in total. The molecule has 2 fully saturated rings. The average molecular weight is 453 g/mol. The summed E-state index contributed by atoms with van der Waals surface area (Å²) in [5, 5.41) is 16.8. The van der Waals surface area contributed by atoms with Gasteiger partial charge in [0.2, 0.25) is 5.91 Å². The first-order valence-corrected chi connectivity index (χ1v) is 12.1. The SMILES string of the molecule is CC(C)(C)OC(=O)N[C@H]1CCN(C(=O)C(c2cccc3ccccc23)C2(O)CCCCC2)C1. The van der Waals surface area contributed by atoms with Crippen LogP contribution in [0.5, 0.6) is 0 Å². The van der Waals surface area contributed by atoms with Gasteiger partial charge in [0.25, 0.3) is 0 Å². The summed E-state index contributed by atoms with van der Waals surface area (Å²) in [6, 6.07) is 13.9. The predicted molar refractivity (Wildman–Crippen MR) is 129 cm³/mol. The van der Waals surface area contributed by atoms with Crippen molar-refractivity contribution in [2.45, 2.75) is 82.5 Å². The molecular weight excluding hydrogens is 416 g/mol. The highest BCUT2D eigenvalue weighted by molar-refractivity contribution is 5.94. The number of ether oxygens (including phenoxy) is 1. The third-order valence-corrected chi connectivity index (χ3v) is 6.86. The van der Waals surface area contributed by atoms with Crippen molar-refractivity contribution in [2.75, 3.05) is 13.1 Å². The van der Waals surface area contributed by atoms with Crippen LogP contribution in [-0.4, -0.2) is 52.3 Å². The van der Waals surface area contributed by atoms with Crippen LogP contribution in [0.25, 0.3) is 10.8 Å². The second kappa shape index (κ2) is 9.34. The van der Waals surface area contributed by atoms with Gasteiger partial charge in [-0.3, -0.25) is 4.79 Å². The molecule has 1 saturated carbocycles. The van der Waals surface area contributed by atoms with E-state index in [1.807, 2.05) is 63.2 Å². The van der Waals surface area contributed by atoms with Crippen LogP contribution in [0, 0.1) is 0 Å². The summed E-state index contributed by atoms with van der Waals surface area (Å²) in [7, 11) is 0. The van der Waals surface area contributed by atoms with Crippen molar-refractivity contribution in [3.8, 4) is 0 Å². The lowest BCUT2D eigenvalue weighted by atomic mass is 9.71. The van der Waals surface area contributed by atoms with Crippen LogP contribution in [0.4, 0.5) is 4.79 Å². The van der Waals surface area contributed by atoms with Gasteiger partial charge in [-0.2, -0.15) is 0 Å². The summed E-state index contributed by atoms with van der Waals surface area (Å²) in [6.07, 6.45) is 4.40. The van der Waals surface area contributed by atoms with Gasteiger partial charge in [0.1, 0.15) is 5.60 Å². The van der Waals surface area contributed by atoms with Crippen LogP contribution >= 0.6 is 0 Å². The van der Waals surface area contributed by atoms with Gasteiger partial charge in [0.15, 0.2) is 0 Å². The number of amides is 2. The number of nitrogens with zero attached hydrogens (tertiary/aromatic N) is 1. The molecule has 178 valence electrons. The monoisotopic (exact) mass is 452 g/mol. The molecule has 1 saturated heterocycles. The largest absolute Gasteiger partial charge is 0.444 e. The number of hydrogen-bond acceptors (Lipinski definition) is 4. The first kappa shape index (κ1) is 23.6. The number of fused-ring (bicyclic) bond motifs is 1.